The number of hydrogen-bond acceptors (Lipinski definition) is 2. The molecule has 3 nitrogen and oxygen atoms in total. The number of amides is 1. The van der Waals surface area contributed by atoms with Crippen LogP contribution in [0.1, 0.15) is 5.56 Å². The van der Waals surface area contributed by atoms with E-state index in [1.54, 1.807) is 0 Å². The minimum absolute atomic E-state index is 0.0717. The Kier molecular flexibility index (Phi) is 2.60. The molecule has 17 heavy (non-hydrogen) atoms. The van der Waals surface area contributed by atoms with Gasteiger partial charge in [0.05, 0.1) is 0 Å². The Morgan fingerprint density at radius 3 is 2.76 bits per heavy atom. The lowest BCUT2D eigenvalue weighted by atomic mass is 10.2. The van der Waals surface area contributed by atoms with Gasteiger partial charge in [-0.1, -0.05) is 29.8 Å². The molecule has 2 aliphatic rings. The Balaban J connectivity index is 1.69. The number of aliphatic hydroxyl groups is 1. The lowest BCUT2D eigenvalue weighted by Crippen LogP contribution is -2.30. The van der Waals surface area contributed by atoms with Crippen molar-refractivity contribution in [2.75, 3.05) is 13.2 Å². The maximum atomic E-state index is 12.0. The number of halogens is 1. The summed E-state index contributed by atoms with van der Waals surface area (Å²) >= 11 is 6.08. The Labute approximate surface area is 105 Å². The van der Waals surface area contributed by atoms with Crippen molar-refractivity contribution < 1.29 is 9.90 Å². The molecule has 0 bridgehead atoms. The third-order valence-corrected chi connectivity index (χ3v) is 4.26. The van der Waals surface area contributed by atoms with Gasteiger partial charge in [0.15, 0.2) is 0 Å². The van der Waals surface area contributed by atoms with E-state index in [0.717, 1.165) is 12.1 Å². The summed E-state index contributed by atoms with van der Waals surface area (Å²) in [6.07, 6.45) is 0. The van der Waals surface area contributed by atoms with Crippen molar-refractivity contribution in [2.45, 2.75) is 6.54 Å². The van der Waals surface area contributed by atoms with Crippen molar-refractivity contribution in [1.29, 1.82) is 0 Å². The topological polar surface area (TPSA) is 40.5 Å². The smallest absolute Gasteiger partial charge is 0.226 e. The predicted molar refractivity (Wildman–Crippen MR) is 64.4 cm³/mol. The van der Waals surface area contributed by atoms with Gasteiger partial charge in [0.1, 0.15) is 0 Å². The first-order valence-corrected chi connectivity index (χ1v) is 6.23. The molecule has 3 rings (SSSR count). The van der Waals surface area contributed by atoms with Gasteiger partial charge in [-0.05, 0) is 23.5 Å². The van der Waals surface area contributed by atoms with E-state index in [9.17, 15) is 4.79 Å². The quantitative estimate of drug-likeness (QED) is 0.885. The number of nitrogens with zero attached hydrogens (tertiary/aromatic N) is 1. The molecule has 0 aromatic heterocycles. The molecule has 1 saturated heterocycles. The summed E-state index contributed by atoms with van der Waals surface area (Å²) in [6, 6.07) is 7.60. The first-order valence-electron chi connectivity index (χ1n) is 5.85. The van der Waals surface area contributed by atoms with Crippen LogP contribution in [0.25, 0.3) is 0 Å². The predicted octanol–water partition coefficient (Wildman–Crippen LogP) is 1.54. The second-order valence-electron chi connectivity index (χ2n) is 4.85. The maximum absolute atomic E-state index is 12.0. The molecule has 1 heterocycles. The van der Waals surface area contributed by atoms with Crippen LogP contribution in [-0.2, 0) is 11.3 Å². The number of benzene rings is 1. The first-order chi connectivity index (χ1) is 8.22. The number of aliphatic hydroxyl groups excluding tert-OH is 1. The number of carbonyl (C=O) groups is 1. The first kappa shape index (κ1) is 11.1. The second-order valence-corrected chi connectivity index (χ2v) is 5.25. The van der Waals surface area contributed by atoms with Gasteiger partial charge in [-0.15, -0.1) is 0 Å². The van der Waals surface area contributed by atoms with Crippen LogP contribution in [0.4, 0.5) is 0 Å². The van der Waals surface area contributed by atoms with Crippen LogP contribution >= 0.6 is 11.6 Å². The molecule has 3 unspecified atom stereocenters. The van der Waals surface area contributed by atoms with Crippen LogP contribution < -0.4 is 0 Å². The number of hydrogen-bond donors (Lipinski definition) is 1. The number of carbonyl (C=O) groups excluding carboxylic acids is 1. The molecule has 90 valence electrons. The number of fused-ring (bicyclic) bond motifs is 1. The molecule has 1 aliphatic heterocycles. The summed E-state index contributed by atoms with van der Waals surface area (Å²) in [7, 11) is 0. The molecule has 3 atom stereocenters. The van der Waals surface area contributed by atoms with Gasteiger partial charge >= 0.3 is 0 Å². The molecular formula is C13H14ClNO2. The van der Waals surface area contributed by atoms with Gasteiger partial charge in [0.2, 0.25) is 5.91 Å². The SMILES string of the molecule is O=C1C2C(CO)C2CN1Cc1ccccc1Cl. The van der Waals surface area contributed by atoms with Crippen molar-refractivity contribution in [3.05, 3.63) is 34.9 Å². The fourth-order valence-electron chi connectivity index (χ4n) is 2.84. The van der Waals surface area contributed by atoms with E-state index in [0.29, 0.717) is 17.5 Å². The largest absolute Gasteiger partial charge is 0.396 e. The molecule has 0 spiro atoms. The molecule has 1 aromatic carbocycles. The highest BCUT2D eigenvalue weighted by atomic mass is 35.5. The van der Waals surface area contributed by atoms with E-state index >= 15 is 0 Å². The second kappa shape index (κ2) is 4.00. The zero-order valence-electron chi connectivity index (χ0n) is 9.34. The standard InChI is InChI=1S/C13H14ClNO2/c14-11-4-2-1-3-8(11)5-15-6-9-10(7-16)12(9)13(15)17/h1-4,9-10,12,16H,5-7H2. The summed E-state index contributed by atoms with van der Waals surface area (Å²) in [5, 5.41) is 9.77. The number of rotatable bonds is 3. The van der Waals surface area contributed by atoms with Crippen molar-refractivity contribution in [1.82, 2.24) is 4.90 Å². The van der Waals surface area contributed by atoms with E-state index in [4.69, 9.17) is 16.7 Å². The van der Waals surface area contributed by atoms with Crippen molar-refractivity contribution >= 4 is 17.5 Å². The number of piperidine rings is 1. The Bertz CT molecular complexity index is 462. The number of likely N-dealkylation sites (tertiary alicyclic amines) is 1. The summed E-state index contributed by atoms with van der Waals surface area (Å²) < 4.78 is 0. The lowest BCUT2D eigenvalue weighted by Gasteiger charge is -2.20. The van der Waals surface area contributed by atoms with E-state index in [2.05, 4.69) is 0 Å². The van der Waals surface area contributed by atoms with Crippen LogP contribution in [0.3, 0.4) is 0 Å². The average molecular weight is 252 g/mol. The van der Waals surface area contributed by atoms with Gasteiger partial charge in [-0.3, -0.25) is 4.79 Å². The van der Waals surface area contributed by atoms with Gasteiger partial charge in [-0.2, -0.15) is 0 Å². The molecule has 1 aromatic rings. The molecule has 2 fully saturated rings. The van der Waals surface area contributed by atoms with Crippen molar-refractivity contribution in [3.63, 3.8) is 0 Å². The van der Waals surface area contributed by atoms with Crippen LogP contribution in [-0.4, -0.2) is 29.1 Å². The van der Waals surface area contributed by atoms with E-state index < -0.39 is 0 Å². The van der Waals surface area contributed by atoms with Gasteiger partial charge in [0.25, 0.3) is 0 Å². The third-order valence-electron chi connectivity index (χ3n) is 3.89. The van der Waals surface area contributed by atoms with Gasteiger partial charge < -0.3 is 10.0 Å². The molecule has 4 heteroatoms. The maximum Gasteiger partial charge on any atom is 0.226 e. The zero-order valence-corrected chi connectivity index (χ0v) is 10.1. The Morgan fingerprint density at radius 2 is 2.18 bits per heavy atom. The van der Waals surface area contributed by atoms with Crippen LogP contribution in [0.5, 0.6) is 0 Å². The molecule has 1 aliphatic carbocycles. The van der Waals surface area contributed by atoms with E-state index in [-0.39, 0.29) is 24.3 Å². The van der Waals surface area contributed by atoms with Crippen LogP contribution in [0.15, 0.2) is 24.3 Å². The monoisotopic (exact) mass is 251 g/mol. The molecule has 1 amide bonds. The van der Waals surface area contributed by atoms with Crippen LogP contribution in [0, 0.1) is 17.8 Å². The highest BCUT2D eigenvalue weighted by Crippen LogP contribution is 2.52. The molecular weight excluding hydrogens is 238 g/mol. The fraction of sp³-hybridized carbons (Fsp3) is 0.462. The summed E-state index contributed by atoms with van der Waals surface area (Å²) in [4.78, 5) is 13.9. The third kappa shape index (κ3) is 1.74. The highest BCUT2D eigenvalue weighted by Gasteiger charge is 2.60. The Hall–Kier alpha value is -1.06. The highest BCUT2D eigenvalue weighted by molar-refractivity contribution is 6.31. The lowest BCUT2D eigenvalue weighted by molar-refractivity contribution is -0.131. The minimum atomic E-state index is 0.0717. The normalized spacial score (nSPS) is 30.6. The minimum Gasteiger partial charge on any atom is -0.396 e. The van der Waals surface area contributed by atoms with Crippen molar-refractivity contribution in [3.8, 4) is 0 Å². The van der Waals surface area contributed by atoms with Gasteiger partial charge in [0, 0.05) is 30.6 Å². The average Bonchev–Trinajstić information content (AvgIpc) is 2.94. The fourth-order valence-corrected chi connectivity index (χ4v) is 3.03. The molecule has 1 saturated carbocycles. The van der Waals surface area contributed by atoms with Crippen LogP contribution in [0.2, 0.25) is 5.02 Å². The molecule has 1 N–H and O–H groups in total. The van der Waals surface area contributed by atoms with Gasteiger partial charge in [-0.25, -0.2) is 0 Å². The summed E-state index contributed by atoms with van der Waals surface area (Å²) in [5.41, 5.74) is 0.990. The summed E-state index contributed by atoms with van der Waals surface area (Å²) in [6.45, 7) is 1.49. The van der Waals surface area contributed by atoms with Crippen molar-refractivity contribution in [2.24, 2.45) is 17.8 Å². The summed E-state index contributed by atoms with van der Waals surface area (Å²) in [5.74, 6) is 0.830. The van der Waals surface area contributed by atoms with E-state index in [1.165, 1.54) is 0 Å². The zero-order chi connectivity index (χ0) is 12.0. The van der Waals surface area contributed by atoms with E-state index in [1.807, 2.05) is 29.2 Å². The molecule has 0 radical (unpaired) electrons. The Morgan fingerprint density at radius 1 is 1.41 bits per heavy atom.